The summed E-state index contributed by atoms with van der Waals surface area (Å²) < 4.78 is 0. The van der Waals surface area contributed by atoms with E-state index in [0.717, 1.165) is 25.9 Å². The van der Waals surface area contributed by atoms with Crippen molar-refractivity contribution in [2.75, 3.05) is 24.7 Å². The first kappa shape index (κ1) is 18.0. The molecule has 0 unspecified atom stereocenters. The minimum atomic E-state index is -0.877. The molecule has 4 N–H and O–H groups in total. The number of anilines is 2. The molecule has 0 aliphatic carbocycles. The van der Waals surface area contributed by atoms with Crippen LogP contribution < -0.4 is 16.6 Å². The van der Waals surface area contributed by atoms with Crippen LogP contribution in [0.25, 0.3) is 0 Å². The van der Waals surface area contributed by atoms with E-state index in [-0.39, 0.29) is 17.3 Å². The monoisotopic (exact) mass is 373 g/mol. The zero-order chi connectivity index (χ0) is 18.7. The molecule has 2 amide bonds. The zero-order valence-electron chi connectivity index (χ0n) is 14.2. The fraction of sp³-hybridized carbons (Fsp3) is 0.294. The van der Waals surface area contributed by atoms with E-state index in [2.05, 4.69) is 15.3 Å². The number of thioether (sulfide) groups is 1. The summed E-state index contributed by atoms with van der Waals surface area (Å²) in [5, 5.41) is 3.29. The number of carbonyl (C=O) groups is 2. The first-order valence-corrected chi connectivity index (χ1v) is 9.36. The maximum absolute atomic E-state index is 12.5. The number of benzene rings is 1. The highest BCUT2D eigenvalue weighted by Crippen LogP contribution is 2.21. The molecule has 0 atom stereocenters. The van der Waals surface area contributed by atoms with Crippen LogP contribution in [0.3, 0.4) is 0 Å². The second-order valence-electron chi connectivity index (χ2n) is 5.87. The lowest BCUT2D eigenvalue weighted by Crippen LogP contribution is -2.28. The molecule has 1 aromatic heterocycles. The average molecular weight is 373 g/mol. The number of rotatable bonds is 5. The summed E-state index contributed by atoms with van der Waals surface area (Å²) in [6.07, 6.45) is 3.78. The predicted octanol–water partition coefficient (Wildman–Crippen LogP) is 1.57. The van der Waals surface area contributed by atoms with Gasteiger partial charge in [0.2, 0.25) is 0 Å². The summed E-state index contributed by atoms with van der Waals surface area (Å²) in [6.45, 7) is 1.52. The number of primary amides is 1. The van der Waals surface area contributed by atoms with E-state index in [4.69, 9.17) is 5.73 Å². The van der Waals surface area contributed by atoms with E-state index in [1.54, 1.807) is 30.5 Å². The van der Waals surface area contributed by atoms with Gasteiger partial charge in [0.1, 0.15) is 5.56 Å². The lowest BCUT2D eigenvalue weighted by Gasteiger charge is -2.16. The highest BCUT2D eigenvalue weighted by molar-refractivity contribution is 7.98. The summed E-state index contributed by atoms with van der Waals surface area (Å²) in [6, 6.07) is 6.87. The third kappa shape index (κ3) is 3.72. The van der Waals surface area contributed by atoms with E-state index in [1.807, 2.05) is 4.90 Å². The van der Waals surface area contributed by atoms with E-state index in [1.165, 1.54) is 11.8 Å². The largest absolute Gasteiger partial charge is 0.365 e. The first-order chi connectivity index (χ1) is 12.5. The van der Waals surface area contributed by atoms with Crippen molar-refractivity contribution in [1.29, 1.82) is 0 Å². The van der Waals surface area contributed by atoms with Crippen molar-refractivity contribution in [3.8, 4) is 0 Å². The zero-order valence-corrected chi connectivity index (χ0v) is 15.1. The van der Waals surface area contributed by atoms with Crippen LogP contribution in [-0.4, -0.2) is 46.0 Å². The van der Waals surface area contributed by atoms with Gasteiger partial charge in [-0.25, -0.2) is 4.98 Å². The van der Waals surface area contributed by atoms with Gasteiger partial charge in [0.15, 0.2) is 11.0 Å². The van der Waals surface area contributed by atoms with Gasteiger partial charge in [-0.3, -0.25) is 14.4 Å². The van der Waals surface area contributed by atoms with Crippen LogP contribution in [-0.2, 0) is 0 Å². The second kappa shape index (κ2) is 7.61. The Balaban J connectivity index is 1.93. The summed E-state index contributed by atoms with van der Waals surface area (Å²) in [4.78, 5) is 44.8. The fourth-order valence-electron chi connectivity index (χ4n) is 2.84. The van der Waals surface area contributed by atoms with Crippen molar-refractivity contribution in [3.63, 3.8) is 0 Å². The molecule has 9 heteroatoms. The summed E-state index contributed by atoms with van der Waals surface area (Å²) in [5.41, 5.74) is 5.54. The first-order valence-electron chi connectivity index (χ1n) is 8.14. The Morgan fingerprint density at radius 3 is 2.69 bits per heavy atom. The number of hydrogen-bond acceptors (Lipinski definition) is 6. The number of likely N-dealkylation sites (tertiary alicyclic amines) is 1. The molecule has 1 aliphatic heterocycles. The van der Waals surface area contributed by atoms with Gasteiger partial charge < -0.3 is 20.9 Å². The molecule has 0 radical (unpaired) electrons. The van der Waals surface area contributed by atoms with E-state index < -0.39 is 11.5 Å². The topological polar surface area (TPSA) is 121 Å². The lowest BCUT2D eigenvalue weighted by atomic mass is 10.1. The molecule has 1 aromatic carbocycles. The van der Waals surface area contributed by atoms with Gasteiger partial charge in [-0.1, -0.05) is 17.8 Å². The Bertz CT molecular complexity index is 906. The molecule has 136 valence electrons. The Kier molecular flexibility index (Phi) is 5.27. The summed E-state index contributed by atoms with van der Waals surface area (Å²) >= 11 is 1.23. The number of nitrogens with two attached hydrogens (primary N) is 1. The van der Waals surface area contributed by atoms with Crippen LogP contribution in [0.4, 0.5) is 11.5 Å². The Hall–Kier alpha value is -2.81. The van der Waals surface area contributed by atoms with Gasteiger partial charge in [0.05, 0.1) is 0 Å². The number of H-pyrrole nitrogens is 1. The van der Waals surface area contributed by atoms with Crippen molar-refractivity contribution in [2.45, 2.75) is 18.0 Å². The van der Waals surface area contributed by atoms with Crippen molar-refractivity contribution in [1.82, 2.24) is 14.9 Å². The highest BCUT2D eigenvalue weighted by Gasteiger charge is 2.20. The van der Waals surface area contributed by atoms with Crippen molar-refractivity contribution >= 4 is 35.1 Å². The standard InChI is InChI=1S/C17H19N5O3S/c1-26-17-20-14(12(13(18)23)15(24)21-17)19-11-6-4-5-10(9-11)16(25)22-7-2-3-8-22/h4-6,9H,2-3,7-8H2,1H3,(H2,18,23)(H2,19,20,21,24). The van der Waals surface area contributed by atoms with E-state index >= 15 is 0 Å². The molecule has 8 nitrogen and oxygen atoms in total. The average Bonchev–Trinajstić information content (AvgIpc) is 3.15. The Morgan fingerprint density at radius 1 is 1.31 bits per heavy atom. The van der Waals surface area contributed by atoms with Crippen LogP contribution in [0, 0.1) is 0 Å². The third-order valence-corrected chi connectivity index (χ3v) is 4.68. The van der Waals surface area contributed by atoms with Gasteiger partial charge in [-0.2, -0.15) is 0 Å². The Labute approximate surface area is 154 Å². The number of nitrogens with zero attached hydrogens (tertiary/aromatic N) is 2. The second-order valence-corrected chi connectivity index (χ2v) is 6.66. The number of carbonyl (C=O) groups excluding carboxylic acids is 2. The van der Waals surface area contributed by atoms with E-state index in [0.29, 0.717) is 16.4 Å². The fourth-order valence-corrected chi connectivity index (χ4v) is 3.22. The van der Waals surface area contributed by atoms with Crippen LogP contribution in [0.15, 0.2) is 34.2 Å². The number of amides is 2. The van der Waals surface area contributed by atoms with Crippen LogP contribution in [0.2, 0.25) is 0 Å². The van der Waals surface area contributed by atoms with Crippen molar-refractivity contribution in [2.24, 2.45) is 5.73 Å². The van der Waals surface area contributed by atoms with E-state index in [9.17, 15) is 14.4 Å². The maximum Gasteiger partial charge on any atom is 0.266 e. The van der Waals surface area contributed by atoms with Gasteiger partial charge in [0.25, 0.3) is 17.4 Å². The molecule has 2 heterocycles. The molecular formula is C17H19N5O3S. The minimum absolute atomic E-state index is 0.0371. The molecular weight excluding hydrogens is 354 g/mol. The van der Waals surface area contributed by atoms with Crippen molar-refractivity contribution < 1.29 is 9.59 Å². The molecule has 0 bridgehead atoms. The summed E-state index contributed by atoms with van der Waals surface area (Å²) in [5.74, 6) is -0.848. The molecule has 1 aliphatic rings. The quantitative estimate of drug-likeness (QED) is 0.540. The lowest BCUT2D eigenvalue weighted by molar-refractivity contribution is 0.0792. The van der Waals surface area contributed by atoms with Gasteiger partial charge in [0, 0.05) is 24.3 Å². The third-order valence-electron chi connectivity index (χ3n) is 4.10. The van der Waals surface area contributed by atoms with Crippen LogP contribution >= 0.6 is 11.8 Å². The van der Waals surface area contributed by atoms with Crippen molar-refractivity contribution in [3.05, 3.63) is 45.7 Å². The van der Waals surface area contributed by atoms with Gasteiger partial charge in [-0.05, 0) is 37.3 Å². The number of aromatic amines is 1. The Morgan fingerprint density at radius 2 is 2.04 bits per heavy atom. The molecule has 2 aromatic rings. The van der Waals surface area contributed by atoms with Crippen LogP contribution in [0.5, 0.6) is 0 Å². The highest BCUT2D eigenvalue weighted by atomic mass is 32.2. The molecule has 1 saturated heterocycles. The van der Waals surface area contributed by atoms with Gasteiger partial charge in [-0.15, -0.1) is 0 Å². The predicted molar refractivity (Wildman–Crippen MR) is 100 cm³/mol. The number of hydrogen-bond donors (Lipinski definition) is 3. The number of aromatic nitrogens is 2. The number of nitrogens with one attached hydrogen (secondary N) is 2. The smallest absolute Gasteiger partial charge is 0.266 e. The maximum atomic E-state index is 12.5. The molecule has 1 fully saturated rings. The molecule has 0 saturated carbocycles. The normalized spacial score (nSPS) is 13.7. The molecule has 3 rings (SSSR count). The van der Waals surface area contributed by atoms with Crippen LogP contribution in [0.1, 0.15) is 33.6 Å². The SMILES string of the molecule is CSc1nc(Nc2cccc(C(=O)N3CCCC3)c2)c(C(N)=O)c(=O)[nH]1. The minimum Gasteiger partial charge on any atom is -0.365 e. The van der Waals surface area contributed by atoms with Gasteiger partial charge >= 0.3 is 0 Å². The molecule has 26 heavy (non-hydrogen) atoms. The molecule has 0 spiro atoms. The summed E-state index contributed by atoms with van der Waals surface area (Å²) in [7, 11) is 0.